The Labute approximate surface area is 284 Å². The van der Waals surface area contributed by atoms with E-state index in [1.54, 1.807) is 0 Å². The van der Waals surface area contributed by atoms with E-state index in [0.29, 0.717) is 44.4 Å². The number of allylic oxidation sites excluding steroid dienone is 2. The van der Waals surface area contributed by atoms with Crippen LogP contribution in [-0.2, 0) is 23.8 Å². The van der Waals surface area contributed by atoms with Crippen molar-refractivity contribution < 1.29 is 54.4 Å². The van der Waals surface area contributed by atoms with Crippen molar-refractivity contribution in [3.63, 3.8) is 0 Å². The Kier molecular flexibility index (Phi) is 9.04. The highest BCUT2D eigenvalue weighted by Gasteiger charge is 2.70. The molecule has 0 radical (unpaired) electrons. The van der Waals surface area contributed by atoms with Gasteiger partial charge in [0.1, 0.15) is 24.4 Å². The van der Waals surface area contributed by atoms with E-state index < -0.39 is 65.6 Å². The molecule has 6 aliphatic rings. The molecule has 5 fully saturated rings. The van der Waals surface area contributed by atoms with Gasteiger partial charge in [-0.3, -0.25) is 9.59 Å². The van der Waals surface area contributed by atoms with Gasteiger partial charge in [0.2, 0.25) is 6.29 Å². The van der Waals surface area contributed by atoms with Crippen molar-refractivity contribution in [1.82, 2.24) is 0 Å². The molecule has 6 rings (SSSR count). The van der Waals surface area contributed by atoms with Gasteiger partial charge in [0, 0.05) is 5.41 Å². The van der Waals surface area contributed by atoms with Crippen LogP contribution in [0.3, 0.4) is 0 Å². The van der Waals surface area contributed by atoms with Crippen LogP contribution in [0.25, 0.3) is 0 Å². The highest BCUT2D eigenvalue weighted by Crippen LogP contribution is 2.76. The van der Waals surface area contributed by atoms with E-state index in [1.807, 2.05) is 13.8 Å². The van der Waals surface area contributed by atoms with Gasteiger partial charge in [-0.05, 0) is 105 Å². The second-order valence-corrected chi connectivity index (χ2v) is 17.6. The molecule has 15 atom stereocenters. The molecule has 0 spiro atoms. The fourth-order valence-electron chi connectivity index (χ4n) is 12.3. The van der Waals surface area contributed by atoms with Gasteiger partial charge in [0.15, 0.2) is 0 Å². The van der Waals surface area contributed by atoms with Crippen LogP contribution in [0.15, 0.2) is 11.6 Å². The molecule has 0 amide bonds. The largest absolute Gasteiger partial charge is 0.469 e. The first-order chi connectivity index (χ1) is 22.4. The minimum absolute atomic E-state index is 0.0521. The smallest absolute Gasteiger partial charge is 0.315 e. The van der Waals surface area contributed by atoms with Crippen molar-refractivity contribution in [2.75, 3.05) is 20.3 Å². The predicted octanol–water partition coefficient (Wildman–Crippen LogP) is 2.62. The fraction of sp³-hybridized carbons (Fsp3) is 0.892. The first-order valence-corrected chi connectivity index (χ1v) is 18.0. The van der Waals surface area contributed by atoms with E-state index >= 15 is 0 Å². The van der Waals surface area contributed by atoms with Crippen LogP contribution >= 0.6 is 0 Å². The number of hydrogen-bond acceptors (Lipinski definition) is 11. The molecule has 0 aromatic rings. The van der Waals surface area contributed by atoms with Crippen LogP contribution in [0.2, 0.25) is 0 Å². The Hall–Kier alpha value is -1.60. The Morgan fingerprint density at radius 3 is 2.19 bits per heavy atom. The zero-order valence-electron chi connectivity index (χ0n) is 29.5. The van der Waals surface area contributed by atoms with Crippen LogP contribution in [0.4, 0.5) is 0 Å². The first-order valence-electron chi connectivity index (χ1n) is 18.0. The number of rotatable bonds is 5. The number of esters is 2. The lowest BCUT2D eigenvalue weighted by molar-refractivity contribution is -0.297. The molecular formula is C37H58O11. The van der Waals surface area contributed by atoms with Crippen LogP contribution in [0.5, 0.6) is 0 Å². The molecule has 4 saturated carbocycles. The third-order valence-electron chi connectivity index (χ3n) is 15.7. The average molecular weight is 679 g/mol. The van der Waals surface area contributed by atoms with Crippen molar-refractivity contribution in [2.45, 2.75) is 136 Å². The lowest BCUT2D eigenvalue weighted by atomic mass is 9.33. The normalized spacial score (nSPS) is 53.2. The van der Waals surface area contributed by atoms with Gasteiger partial charge in [-0.1, -0.05) is 39.3 Å². The van der Waals surface area contributed by atoms with Gasteiger partial charge >= 0.3 is 11.9 Å². The monoisotopic (exact) mass is 678 g/mol. The summed E-state index contributed by atoms with van der Waals surface area (Å²) in [4.78, 5) is 27.8. The zero-order chi connectivity index (χ0) is 35.2. The van der Waals surface area contributed by atoms with E-state index in [4.69, 9.17) is 14.2 Å². The van der Waals surface area contributed by atoms with Gasteiger partial charge in [0.05, 0.1) is 37.3 Å². The molecule has 1 aliphatic heterocycles. The molecule has 1 heterocycles. The molecule has 15 unspecified atom stereocenters. The molecular weight excluding hydrogens is 620 g/mol. The summed E-state index contributed by atoms with van der Waals surface area (Å²) in [6.07, 6.45) is 0.524. The number of fused-ring (bicyclic) bond motifs is 7. The fourth-order valence-corrected chi connectivity index (χ4v) is 12.3. The molecule has 48 heavy (non-hydrogen) atoms. The van der Waals surface area contributed by atoms with Crippen molar-refractivity contribution in [3.05, 3.63) is 11.6 Å². The van der Waals surface area contributed by atoms with Crippen LogP contribution in [-0.4, -0.2) is 99.7 Å². The minimum atomic E-state index is -1.71. The van der Waals surface area contributed by atoms with Gasteiger partial charge in [0.25, 0.3) is 0 Å². The Morgan fingerprint density at radius 1 is 0.854 bits per heavy atom. The molecule has 11 nitrogen and oxygen atoms in total. The van der Waals surface area contributed by atoms with E-state index in [0.717, 1.165) is 31.3 Å². The summed E-state index contributed by atoms with van der Waals surface area (Å²) in [7, 11) is 1.39. The second kappa shape index (κ2) is 12.0. The minimum Gasteiger partial charge on any atom is -0.469 e. The summed E-state index contributed by atoms with van der Waals surface area (Å²) in [5.41, 5.74) is -1.80. The number of ether oxygens (including phenoxy) is 3. The number of methoxy groups -OCH3 is 1. The van der Waals surface area contributed by atoms with Crippen LogP contribution in [0, 0.1) is 50.2 Å². The number of aliphatic hydroxyl groups excluding tert-OH is 6. The first kappa shape index (κ1) is 36.2. The van der Waals surface area contributed by atoms with Crippen LogP contribution < -0.4 is 0 Å². The number of carbonyl (C=O) groups excluding carboxylic acids is 2. The molecule has 6 N–H and O–H groups in total. The maximum atomic E-state index is 14.5. The molecule has 0 bridgehead atoms. The third-order valence-corrected chi connectivity index (χ3v) is 15.7. The highest BCUT2D eigenvalue weighted by atomic mass is 16.7. The third kappa shape index (κ3) is 4.77. The Bertz CT molecular complexity index is 1320. The molecule has 0 aromatic carbocycles. The van der Waals surface area contributed by atoms with Gasteiger partial charge in [-0.25, -0.2) is 0 Å². The van der Waals surface area contributed by atoms with Gasteiger partial charge in [-0.2, -0.15) is 0 Å². The van der Waals surface area contributed by atoms with Crippen molar-refractivity contribution >= 4 is 11.9 Å². The molecule has 272 valence electrons. The highest BCUT2D eigenvalue weighted by molar-refractivity contribution is 5.81. The Morgan fingerprint density at radius 2 is 1.54 bits per heavy atom. The SMILES string of the molecule is COC(=O)C1(C)CCC2(C(=O)OC3OC(CO)C(O)C(O)C3O)CCC3(C)C(=CCC4C5(C)CCC(O)C(C)(CO)C5CCC43C)C2C1. The molecule has 1 saturated heterocycles. The lowest BCUT2D eigenvalue weighted by Crippen LogP contribution is -2.66. The quantitative estimate of drug-likeness (QED) is 0.186. The average Bonchev–Trinajstić information content (AvgIpc) is 3.06. The van der Waals surface area contributed by atoms with Crippen molar-refractivity contribution in [3.8, 4) is 0 Å². The number of carbonyl (C=O) groups is 2. The van der Waals surface area contributed by atoms with E-state index in [1.165, 1.54) is 7.11 Å². The maximum Gasteiger partial charge on any atom is 0.315 e. The summed E-state index contributed by atoms with van der Waals surface area (Å²) >= 11 is 0. The summed E-state index contributed by atoms with van der Waals surface area (Å²) < 4.78 is 16.8. The van der Waals surface area contributed by atoms with E-state index in [9.17, 15) is 40.2 Å². The summed E-state index contributed by atoms with van der Waals surface area (Å²) in [5.74, 6) is -0.785. The predicted molar refractivity (Wildman–Crippen MR) is 173 cm³/mol. The van der Waals surface area contributed by atoms with Crippen molar-refractivity contribution in [1.29, 1.82) is 0 Å². The maximum absolute atomic E-state index is 14.5. The Balaban J connectivity index is 1.39. The van der Waals surface area contributed by atoms with Gasteiger partial charge in [-0.15, -0.1) is 0 Å². The summed E-state index contributed by atoms with van der Waals surface area (Å²) in [6, 6.07) is 0. The number of hydrogen-bond donors (Lipinski definition) is 6. The standard InChI is InChI=1S/C37H58O11/c1-32(30(44)46-6)13-15-37(31(45)48-29-28(43)27(42)26(41)22(18-38)47-29)16-14-35(4)20(21(37)17-32)7-8-24-33(2)11-10-25(40)34(3,19-39)23(33)9-12-36(24,35)5/h7,21-29,38-43H,8-19H2,1-6H3. The van der Waals surface area contributed by atoms with E-state index in [-0.39, 0.29) is 40.7 Å². The zero-order valence-corrected chi connectivity index (χ0v) is 29.5. The summed E-state index contributed by atoms with van der Waals surface area (Å²) in [6.45, 7) is 10.3. The molecule has 5 aliphatic carbocycles. The topological polar surface area (TPSA) is 183 Å². The molecule has 0 aromatic heterocycles. The van der Waals surface area contributed by atoms with Crippen LogP contribution in [0.1, 0.15) is 98.8 Å². The lowest BCUT2D eigenvalue weighted by Gasteiger charge is -2.71. The summed E-state index contributed by atoms with van der Waals surface area (Å²) in [5, 5.41) is 62.8. The number of aliphatic hydroxyl groups is 6. The van der Waals surface area contributed by atoms with E-state index in [2.05, 4.69) is 26.8 Å². The molecule has 11 heteroatoms. The van der Waals surface area contributed by atoms with Gasteiger partial charge < -0.3 is 44.8 Å². The second-order valence-electron chi connectivity index (χ2n) is 17.6. The van der Waals surface area contributed by atoms with Crippen molar-refractivity contribution in [2.24, 2.45) is 50.2 Å².